The van der Waals surface area contributed by atoms with Crippen LogP contribution in [0.4, 0.5) is 0 Å². The molecular formula is C14H16ClNO4. The van der Waals surface area contributed by atoms with Gasteiger partial charge in [0.25, 0.3) is 5.91 Å². The summed E-state index contributed by atoms with van der Waals surface area (Å²) in [7, 11) is 0. The lowest BCUT2D eigenvalue weighted by molar-refractivity contribution is 0.0712. The summed E-state index contributed by atoms with van der Waals surface area (Å²) < 4.78 is 16.0. The lowest BCUT2D eigenvalue weighted by atomic mass is 10.1. The average Bonchev–Trinajstić information content (AvgIpc) is 3.09. The minimum Gasteiger partial charge on any atom is -0.454 e. The molecule has 1 N–H and O–H groups in total. The number of carbonyl (C=O) groups is 1. The fourth-order valence-corrected chi connectivity index (χ4v) is 2.74. The number of carbonyl (C=O) groups excluding carboxylic acids is 1. The molecule has 2 aliphatic heterocycles. The molecule has 1 aromatic rings. The summed E-state index contributed by atoms with van der Waals surface area (Å²) in [5, 5.41) is 3.32. The maximum absolute atomic E-state index is 12.2. The van der Waals surface area contributed by atoms with Crippen molar-refractivity contribution in [2.45, 2.75) is 31.9 Å². The number of nitrogens with one attached hydrogen (secondary N) is 1. The van der Waals surface area contributed by atoms with Gasteiger partial charge in [0.1, 0.15) is 0 Å². The van der Waals surface area contributed by atoms with Crippen molar-refractivity contribution in [3.63, 3.8) is 0 Å². The van der Waals surface area contributed by atoms with Crippen LogP contribution in [0, 0.1) is 0 Å². The summed E-state index contributed by atoms with van der Waals surface area (Å²) in [6, 6.07) is 3.20. The van der Waals surface area contributed by atoms with Crippen molar-refractivity contribution in [2.24, 2.45) is 0 Å². The molecule has 0 aliphatic carbocycles. The summed E-state index contributed by atoms with van der Waals surface area (Å²) in [5.41, 5.74) is 0.462. The van der Waals surface area contributed by atoms with Gasteiger partial charge < -0.3 is 19.5 Å². The number of rotatable bonds is 3. The predicted molar refractivity (Wildman–Crippen MR) is 73.5 cm³/mol. The zero-order valence-electron chi connectivity index (χ0n) is 11.1. The van der Waals surface area contributed by atoms with Crippen LogP contribution in [0.1, 0.15) is 30.1 Å². The molecule has 0 radical (unpaired) electrons. The molecule has 3 rings (SSSR count). The van der Waals surface area contributed by atoms with Crippen molar-refractivity contribution in [1.29, 1.82) is 0 Å². The number of benzene rings is 1. The molecule has 0 unspecified atom stereocenters. The first-order chi connectivity index (χ1) is 9.65. The van der Waals surface area contributed by atoms with Crippen molar-refractivity contribution in [1.82, 2.24) is 5.32 Å². The number of hydrogen-bond acceptors (Lipinski definition) is 4. The highest BCUT2D eigenvalue weighted by molar-refractivity contribution is 6.32. The van der Waals surface area contributed by atoms with Crippen LogP contribution < -0.4 is 14.8 Å². The highest BCUT2D eigenvalue weighted by Gasteiger charge is 2.25. The highest BCUT2D eigenvalue weighted by Crippen LogP contribution is 2.39. The van der Waals surface area contributed by atoms with Crippen molar-refractivity contribution < 1.29 is 19.0 Å². The van der Waals surface area contributed by atoms with E-state index >= 15 is 0 Å². The summed E-state index contributed by atoms with van der Waals surface area (Å²) in [5.74, 6) is 0.816. The van der Waals surface area contributed by atoms with Gasteiger partial charge in [0, 0.05) is 12.2 Å². The van der Waals surface area contributed by atoms with E-state index in [-0.39, 0.29) is 24.8 Å². The Morgan fingerprint density at radius 3 is 3.05 bits per heavy atom. The molecule has 1 amide bonds. The van der Waals surface area contributed by atoms with Crippen LogP contribution in [0.3, 0.4) is 0 Å². The molecule has 1 aromatic carbocycles. The second kappa shape index (κ2) is 5.50. The van der Waals surface area contributed by atoms with E-state index < -0.39 is 0 Å². The number of halogens is 1. The van der Waals surface area contributed by atoms with Gasteiger partial charge in [0.15, 0.2) is 11.5 Å². The summed E-state index contributed by atoms with van der Waals surface area (Å²) in [6.45, 7) is 2.84. The molecule has 108 valence electrons. The smallest absolute Gasteiger partial charge is 0.251 e. The highest BCUT2D eigenvalue weighted by atomic mass is 35.5. The van der Waals surface area contributed by atoms with Crippen LogP contribution in [-0.4, -0.2) is 31.5 Å². The fraction of sp³-hybridized carbons (Fsp3) is 0.500. The second-order valence-corrected chi connectivity index (χ2v) is 5.41. The molecular weight excluding hydrogens is 282 g/mol. The normalized spacial score (nSPS) is 21.8. The number of hydrogen-bond donors (Lipinski definition) is 1. The van der Waals surface area contributed by atoms with E-state index in [1.54, 1.807) is 12.1 Å². The Morgan fingerprint density at radius 1 is 1.45 bits per heavy atom. The molecule has 2 heterocycles. The lowest BCUT2D eigenvalue weighted by Gasteiger charge is -2.20. The standard InChI is InChI=1S/C14H16ClNO4/c1-8(11-3-2-4-18-11)16-14(17)9-5-10(15)13-12(6-9)19-7-20-13/h5-6,8,11H,2-4,7H2,1H3,(H,16,17)/t8-,11-/m0/s1. The molecule has 0 bridgehead atoms. The van der Waals surface area contributed by atoms with Crippen molar-refractivity contribution >= 4 is 17.5 Å². The van der Waals surface area contributed by atoms with Crippen molar-refractivity contribution in [3.8, 4) is 11.5 Å². The SMILES string of the molecule is C[C@H](NC(=O)c1cc(Cl)c2c(c1)OCO2)[C@@H]1CCCO1. The monoisotopic (exact) mass is 297 g/mol. The largest absolute Gasteiger partial charge is 0.454 e. The van der Waals surface area contributed by atoms with Crippen LogP contribution in [0.2, 0.25) is 5.02 Å². The quantitative estimate of drug-likeness (QED) is 0.930. The van der Waals surface area contributed by atoms with Gasteiger partial charge in [-0.05, 0) is 31.9 Å². The molecule has 0 spiro atoms. The third-order valence-electron chi connectivity index (χ3n) is 3.57. The van der Waals surface area contributed by atoms with E-state index in [1.165, 1.54) is 0 Å². The molecule has 0 saturated carbocycles. The maximum atomic E-state index is 12.2. The summed E-state index contributed by atoms with van der Waals surface area (Å²) >= 11 is 6.07. The minimum atomic E-state index is -0.187. The molecule has 5 nitrogen and oxygen atoms in total. The van der Waals surface area contributed by atoms with E-state index in [4.69, 9.17) is 25.8 Å². The molecule has 2 atom stereocenters. The van der Waals surface area contributed by atoms with Gasteiger partial charge >= 0.3 is 0 Å². The van der Waals surface area contributed by atoms with E-state index in [9.17, 15) is 4.79 Å². The van der Waals surface area contributed by atoms with Crippen LogP contribution >= 0.6 is 11.6 Å². The Kier molecular flexibility index (Phi) is 3.72. The molecule has 0 aromatic heterocycles. The van der Waals surface area contributed by atoms with Gasteiger partial charge in [-0.15, -0.1) is 0 Å². The van der Waals surface area contributed by atoms with Crippen LogP contribution in [0.5, 0.6) is 11.5 Å². The number of ether oxygens (including phenoxy) is 3. The van der Waals surface area contributed by atoms with E-state index in [2.05, 4.69) is 5.32 Å². The van der Waals surface area contributed by atoms with Gasteiger partial charge in [0.2, 0.25) is 6.79 Å². The lowest BCUT2D eigenvalue weighted by Crippen LogP contribution is -2.40. The molecule has 1 saturated heterocycles. The van der Waals surface area contributed by atoms with E-state index in [1.807, 2.05) is 6.92 Å². The van der Waals surface area contributed by atoms with Crippen LogP contribution in [0.25, 0.3) is 0 Å². The molecule has 2 aliphatic rings. The first-order valence-electron chi connectivity index (χ1n) is 6.67. The molecule has 1 fully saturated rings. The Bertz CT molecular complexity index is 528. The van der Waals surface area contributed by atoms with E-state index in [0.29, 0.717) is 22.1 Å². The van der Waals surface area contributed by atoms with Gasteiger partial charge in [0.05, 0.1) is 17.2 Å². The third kappa shape index (κ3) is 2.55. The van der Waals surface area contributed by atoms with Crippen LogP contribution in [0.15, 0.2) is 12.1 Å². The molecule has 6 heteroatoms. The topological polar surface area (TPSA) is 56.8 Å². The Hall–Kier alpha value is -1.46. The third-order valence-corrected chi connectivity index (χ3v) is 3.85. The van der Waals surface area contributed by atoms with Gasteiger partial charge in [-0.1, -0.05) is 11.6 Å². The minimum absolute atomic E-state index is 0.0331. The number of fused-ring (bicyclic) bond motifs is 1. The predicted octanol–water partition coefficient (Wildman–Crippen LogP) is 2.37. The Balaban J connectivity index is 1.72. The summed E-state index contributed by atoms with van der Waals surface area (Å²) in [6.07, 6.45) is 2.10. The zero-order valence-corrected chi connectivity index (χ0v) is 11.9. The number of amides is 1. The maximum Gasteiger partial charge on any atom is 0.251 e. The second-order valence-electron chi connectivity index (χ2n) is 5.01. The Morgan fingerprint density at radius 2 is 2.30 bits per heavy atom. The van der Waals surface area contributed by atoms with Crippen LogP contribution in [-0.2, 0) is 4.74 Å². The van der Waals surface area contributed by atoms with Gasteiger partial charge in [-0.2, -0.15) is 0 Å². The van der Waals surface area contributed by atoms with Gasteiger partial charge in [-0.25, -0.2) is 0 Å². The van der Waals surface area contributed by atoms with Crippen molar-refractivity contribution in [2.75, 3.05) is 13.4 Å². The fourth-order valence-electron chi connectivity index (χ4n) is 2.48. The zero-order chi connectivity index (χ0) is 14.1. The van der Waals surface area contributed by atoms with E-state index in [0.717, 1.165) is 19.4 Å². The van der Waals surface area contributed by atoms with Crippen molar-refractivity contribution in [3.05, 3.63) is 22.7 Å². The summed E-state index contributed by atoms with van der Waals surface area (Å²) in [4.78, 5) is 12.2. The average molecular weight is 298 g/mol. The first kappa shape index (κ1) is 13.5. The molecule has 20 heavy (non-hydrogen) atoms. The first-order valence-corrected chi connectivity index (χ1v) is 7.04. The Labute approximate surface area is 122 Å². The van der Waals surface area contributed by atoms with Gasteiger partial charge in [-0.3, -0.25) is 4.79 Å².